The van der Waals surface area contributed by atoms with E-state index in [4.69, 9.17) is 4.74 Å². The molecule has 1 aliphatic heterocycles. The lowest BCUT2D eigenvalue weighted by molar-refractivity contribution is 0.0577. The van der Waals surface area contributed by atoms with E-state index in [2.05, 4.69) is 11.6 Å². The van der Waals surface area contributed by atoms with E-state index in [0.29, 0.717) is 6.54 Å². The number of aromatic nitrogens is 1. The van der Waals surface area contributed by atoms with Gasteiger partial charge in [-0.3, -0.25) is 9.88 Å². The highest BCUT2D eigenvalue weighted by Gasteiger charge is 2.27. The van der Waals surface area contributed by atoms with Crippen LogP contribution in [0.25, 0.3) is 6.08 Å². The monoisotopic (exact) mass is 260 g/mol. The van der Waals surface area contributed by atoms with Gasteiger partial charge in [-0.05, 0) is 51.8 Å². The second kappa shape index (κ2) is 5.03. The number of anilines is 1. The molecule has 2 rings (SSSR count). The predicted octanol–water partition coefficient (Wildman–Crippen LogP) is 3.41. The number of hydrogen-bond acceptors (Lipinski definition) is 3. The van der Waals surface area contributed by atoms with E-state index in [1.54, 1.807) is 11.0 Å². The van der Waals surface area contributed by atoms with E-state index in [1.165, 1.54) is 0 Å². The molecule has 4 heteroatoms. The van der Waals surface area contributed by atoms with Gasteiger partial charge in [0.15, 0.2) is 0 Å². The molecule has 1 aromatic rings. The van der Waals surface area contributed by atoms with Crippen LogP contribution in [0.2, 0.25) is 0 Å². The van der Waals surface area contributed by atoms with Gasteiger partial charge < -0.3 is 4.74 Å². The van der Waals surface area contributed by atoms with E-state index in [0.717, 1.165) is 29.9 Å². The van der Waals surface area contributed by atoms with Gasteiger partial charge in [-0.1, -0.05) is 6.58 Å². The molecule has 1 amide bonds. The van der Waals surface area contributed by atoms with Crippen molar-refractivity contribution in [1.82, 2.24) is 4.98 Å². The number of fused-ring (bicyclic) bond motifs is 1. The number of rotatable bonds is 1. The number of carbonyl (C=O) groups is 1. The van der Waals surface area contributed by atoms with Crippen LogP contribution < -0.4 is 4.90 Å². The van der Waals surface area contributed by atoms with Crippen molar-refractivity contribution in [3.63, 3.8) is 0 Å². The summed E-state index contributed by atoms with van der Waals surface area (Å²) in [6.07, 6.45) is 3.20. The molecule has 2 heterocycles. The number of hydrogen-bond donors (Lipinski definition) is 0. The number of pyridine rings is 1. The zero-order valence-electron chi connectivity index (χ0n) is 11.8. The van der Waals surface area contributed by atoms with Crippen molar-refractivity contribution in [2.45, 2.75) is 39.2 Å². The first-order valence-electron chi connectivity index (χ1n) is 6.53. The van der Waals surface area contributed by atoms with Crippen molar-refractivity contribution in [2.75, 3.05) is 11.4 Å². The Balaban J connectivity index is 2.27. The molecule has 0 N–H and O–H groups in total. The van der Waals surface area contributed by atoms with Crippen LogP contribution >= 0.6 is 0 Å². The van der Waals surface area contributed by atoms with Crippen molar-refractivity contribution in [1.29, 1.82) is 0 Å². The van der Waals surface area contributed by atoms with Gasteiger partial charge in [0.05, 0.1) is 17.1 Å². The molecule has 0 fully saturated rings. The molecule has 0 aromatic carbocycles. The molecule has 0 atom stereocenters. The molecule has 0 bridgehead atoms. The Hall–Kier alpha value is -1.84. The second-order valence-corrected chi connectivity index (χ2v) is 5.64. The highest BCUT2D eigenvalue weighted by Crippen LogP contribution is 2.27. The van der Waals surface area contributed by atoms with Gasteiger partial charge >= 0.3 is 6.09 Å². The first kappa shape index (κ1) is 13.6. The maximum Gasteiger partial charge on any atom is 0.414 e. The van der Waals surface area contributed by atoms with E-state index < -0.39 is 5.60 Å². The molecular formula is C15H20N2O2. The third-order valence-corrected chi connectivity index (χ3v) is 2.88. The van der Waals surface area contributed by atoms with Crippen molar-refractivity contribution >= 4 is 17.9 Å². The summed E-state index contributed by atoms with van der Waals surface area (Å²) >= 11 is 0. The van der Waals surface area contributed by atoms with Gasteiger partial charge in [-0.25, -0.2) is 4.79 Å². The molecule has 0 radical (unpaired) electrons. The summed E-state index contributed by atoms with van der Waals surface area (Å²) in [4.78, 5) is 18.4. The Morgan fingerprint density at radius 2 is 2.21 bits per heavy atom. The molecule has 102 valence electrons. The standard InChI is InChI=1S/C15H20N2O2/c1-5-11-8-9-13-12(16-11)7-6-10-17(13)14(18)19-15(2,3)4/h5,8-9H,1,6-7,10H2,2-4H3. The maximum absolute atomic E-state index is 12.2. The molecule has 1 aromatic heterocycles. The highest BCUT2D eigenvalue weighted by atomic mass is 16.6. The molecule has 0 aliphatic carbocycles. The summed E-state index contributed by atoms with van der Waals surface area (Å²) in [5.41, 5.74) is 2.15. The van der Waals surface area contributed by atoms with Gasteiger partial charge in [-0.15, -0.1) is 0 Å². The largest absolute Gasteiger partial charge is 0.443 e. The minimum absolute atomic E-state index is 0.304. The zero-order chi connectivity index (χ0) is 14.0. The Labute approximate surface area is 114 Å². The lowest BCUT2D eigenvalue weighted by atomic mass is 10.1. The lowest BCUT2D eigenvalue weighted by Crippen LogP contribution is -2.40. The van der Waals surface area contributed by atoms with Crippen LogP contribution in [0.5, 0.6) is 0 Å². The van der Waals surface area contributed by atoms with Crippen molar-refractivity contribution in [2.24, 2.45) is 0 Å². The van der Waals surface area contributed by atoms with E-state index >= 15 is 0 Å². The molecule has 0 saturated heterocycles. The predicted molar refractivity (Wildman–Crippen MR) is 76.2 cm³/mol. The molecule has 1 aliphatic rings. The second-order valence-electron chi connectivity index (χ2n) is 5.64. The van der Waals surface area contributed by atoms with E-state index in [1.807, 2.05) is 32.9 Å². The number of aryl methyl sites for hydroxylation is 1. The Bertz CT molecular complexity index is 503. The number of carbonyl (C=O) groups excluding carboxylic acids is 1. The Morgan fingerprint density at radius 1 is 1.47 bits per heavy atom. The van der Waals surface area contributed by atoms with E-state index in [9.17, 15) is 4.79 Å². The minimum atomic E-state index is -0.483. The summed E-state index contributed by atoms with van der Waals surface area (Å²) < 4.78 is 5.43. The minimum Gasteiger partial charge on any atom is -0.443 e. The lowest BCUT2D eigenvalue weighted by Gasteiger charge is -2.31. The van der Waals surface area contributed by atoms with Crippen molar-refractivity contribution in [3.05, 3.63) is 30.1 Å². The number of nitrogens with zero attached hydrogens (tertiary/aromatic N) is 2. The smallest absolute Gasteiger partial charge is 0.414 e. The van der Waals surface area contributed by atoms with Gasteiger partial charge in [0.1, 0.15) is 5.60 Å². The average Bonchev–Trinajstić information content (AvgIpc) is 2.35. The van der Waals surface area contributed by atoms with Crippen LogP contribution in [0, 0.1) is 0 Å². The van der Waals surface area contributed by atoms with E-state index in [-0.39, 0.29) is 6.09 Å². The molecular weight excluding hydrogens is 240 g/mol. The fourth-order valence-corrected chi connectivity index (χ4v) is 2.09. The van der Waals surface area contributed by atoms with Gasteiger partial charge in [-0.2, -0.15) is 0 Å². The summed E-state index contributed by atoms with van der Waals surface area (Å²) in [7, 11) is 0. The first-order chi connectivity index (χ1) is 8.90. The van der Waals surface area contributed by atoms with Crippen LogP contribution in [-0.4, -0.2) is 23.2 Å². The number of amides is 1. The molecule has 0 spiro atoms. The number of ether oxygens (including phenoxy) is 1. The van der Waals surface area contributed by atoms with Crippen LogP contribution in [-0.2, 0) is 11.2 Å². The molecule has 0 unspecified atom stereocenters. The fourth-order valence-electron chi connectivity index (χ4n) is 2.09. The van der Waals surface area contributed by atoms with Gasteiger partial charge in [0, 0.05) is 6.54 Å². The topological polar surface area (TPSA) is 42.4 Å². The zero-order valence-corrected chi connectivity index (χ0v) is 11.8. The third-order valence-electron chi connectivity index (χ3n) is 2.88. The third kappa shape index (κ3) is 3.13. The summed E-state index contributed by atoms with van der Waals surface area (Å²) in [6.45, 7) is 10.0. The summed E-state index contributed by atoms with van der Waals surface area (Å²) in [6, 6.07) is 3.79. The Kier molecular flexibility index (Phi) is 3.60. The van der Waals surface area contributed by atoms with Crippen LogP contribution in [0.15, 0.2) is 18.7 Å². The fraction of sp³-hybridized carbons (Fsp3) is 0.467. The highest BCUT2D eigenvalue weighted by molar-refractivity contribution is 5.89. The van der Waals surface area contributed by atoms with Crippen LogP contribution in [0.1, 0.15) is 38.6 Å². The Morgan fingerprint density at radius 3 is 2.84 bits per heavy atom. The van der Waals surface area contributed by atoms with Crippen LogP contribution in [0.4, 0.5) is 10.5 Å². The van der Waals surface area contributed by atoms with Gasteiger partial charge in [0.25, 0.3) is 0 Å². The summed E-state index contributed by atoms with van der Waals surface area (Å²) in [5, 5.41) is 0. The molecule has 0 saturated carbocycles. The maximum atomic E-state index is 12.2. The average molecular weight is 260 g/mol. The van der Waals surface area contributed by atoms with Crippen molar-refractivity contribution in [3.8, 4) is 0 Å². The van der Waals surface area contributed by atoms with Crippen LogP contribution in [0.3, 0.4) is 0 Å². The first-order valence-corrected chi connectivity index (χ1v) is 6.53. The normalized spacial score (nSPS) is 14.8. The SMILES string of the molecule is C=Cc1ccc2c(n1)CCCN2C(=O)OC(C)(C)C. The quantitative estimate of drug-likeness (QED) is 0.777. The van der Waals surface area contributed by atoms with Gasteiger partial charge in [0.2, 0.25) is 0 Å². The molecule has 19 heavy (non-hydrogen) atoms. The summed E-state index contributed by atoms with van der Waals surface area (Å²) in [5.74, 6) is 0. The van der Waals surface area contributed by atoms with Crippen molar-refractivity contribution < 1.29 is 9.53 Å². The molecule has 4 nitrogen and oxygen atoms in total.